The molecule has 262 valence electrons. The minimum absolute atomic E-state index is 0.0144. The van der Waals surface area contributed by atoms with Gasteiger partial charge >= 0.3 is 17.9 Å². The molecule has 2 bridgehead atoms. The summed E-state index contributed by atoms with van der Waals surface area (Å²) in [7, 11) is 0. The normalized spacial score (nSPS) is 50.2. The third-order valence-corrected chi connectivity index (χ3v) is 11.6. The topological polar surface area (TPSA) is 256 Å². The summed E-state index contributed by atoms with van der Waals surface area (Å²) in [4.78, 5) is 53.1. The van der Waals surface area contributed by atoms with Crippen molar-refractivity contribution in [3.05, 3.63) is 11.8 Å². The zero-order valence-corrected chi connectivity index (χ0v) is 26.3. The highest BCUT2D eigenvalue weighted by Gasteiger charge is 2.85. The smallest absolute Gasteiger partial charge is 0.348 e. The largest absolute Gasteiger partial charge is 0.479 e. The van der Waals surface area contributed by atoms with E-state index in [0.29, 0.717) is 0 Å². The highest BCUT2D eigenvalue weighted by Crippen LogP contribution is 2.72. The van der Waals surface area contributed by atoms with Crippen molar-refractivity contribution in [3.63, 3.8) is 0 Å². The van der Waals surface area contributed by atoms with E-state index in [1.807, 2.05) is 0 Å². The Labute approximate surface area is 269 Å². The fraction of sp³-hybridized carbons (Fsp3) is 0.806. The van der Waals surface area contributed by atoms with E-state index < -0.39 is 132 Å². The van der Waals surface area contributed by atoms with Gasteiger partial charge in [0.05, 0.1) is 25.2 Å². The minimum Gasteiger partial charge on any atom is -0.479 e. The van der Waals surface area contributed by atoms with Gasteiger partial charge in [-0.25, -0.2) is 9.59 Å². The van der Waals surface area contributed by atoms with E-state index >= 15 is 0 Å². The lowest BCUT2D eigenvalue weighted by atomic mass is 9.38. The van der Waals surface area contributed by atoms with E-state index in [9.17, 15) is 54.9 Å². The average Bonchev–Trinajstić information content (AvgIpc) is 3.31. The van der Waals surface area contributed by atoms with Gasteiger partial charge in [0.25, 0.3) is 0 Å². The maximum Gasteiger partial charge on any atom is 0.348 e. The molecule has 6 unspecified atom stereocenters. The number of aliphatic hydroxyl groups excluding tert-OH is 6. The summed E-state index contributed by atoms with van der Waals surface area (Å²) < 4.78 is 28.7. The molecule has 3 aliphatic heterocycles. The maximum absolute atomic E-state index is 13.7. The van der Waals surface area contributed by atoms with E-state index in [4.69, 9.17) is 23.7 Å². The number of Topliss-reactive ketones (excluding diaryl/α,β-unsaturated/α-hetero) is 1. The van der Waals surface area contributed by atoms with E-state index in [2.05, 4.69) is 0 Å². The molecule has 1 spiro atoms. The number of aliphatic carboxylic acids is 1. The third kappa shape index (κ3) is 4.56. The number of carboxylic acid groups (broad SMARTS) is 1. The second-order valence-corrected chi connectivity index (χ2v) is 14.5. The summed E-state index contributed by atoms with van der Waals surface area (Å²) in [6.45, 7) is 5.63. The first-order chi connectivity index (χ1) is 22.0. The molecule has 3 aliphatic carbocycles. The first-order valence-electron chi connectivity index (χ1n) is 15.8. The molecule has 47 heavy (non-hydrogen) atoms. The molecule has 0 aromatic rings. The van der Waals surface area contributed by atoms with Gasteiger partial charge in [0.1, 0.15) is 36.6 Å². The van der Waals surface area contributed by atoms with Crippen molar-refractivity contribution in [3.8, 4) is 0 Å². The number of aliphatic hydroxyl groups is 6. The van der Waals surface area contributed by atoms with E-state index in [1.165, 1.54) is 6.08 Å². The van der Waals surface area contributed by atoms with Crippen molar-refractivity contribution < 1.29 is 78.6 Å². The van der Waals surface area contributed by atoms with Crippen molar-refractivity contribution in [2.75, 3.05) is 13.2 Å². The van der Waals surface area contributed by atoms with Crippen LogP contribution in [0.4, 0.5) is 0 Å². The molecule has 0 radical (unpaired) electrons. The predicted octanol–water partition coefficient (Wildman–Crippen LogP) is -2.38. The summed E-state index contributed by atoms with van der Waals surface area (Å²) in [5, 5.41) is 74.7. The monoisotopic (exact) mass is 670 g/mol. The summed E-state index contributed by atoms with van der Waals surface area (Å²) in [6, 6.07) is 0. The first kappa shape index (κ1) is 34.2. The summed E-state index contributed by atoms with van der Waals surface area (Å²) in [5.41, 5.74) is -5.38. The number of hydrogen-bond acceptors (Lipinski definition) is 15. The van der Waals surface area contributed by atoms with Gasteiger partial charge in [0.2, 0.25) is 18.0 Å². The fourth-order valence-electron chi connectivity index (χ4n) is 9.56. The second kappa shape index (κ2) is 11.4. The molecule has 6 rings (SSSR count). The molecule has 2 saturated carbocycles. The van der Waals surface area contributed by atoms with Crippen molar-refractivity contribution in [2.45, 2.75) is 101 Å². The molecule has 6 aliphatic rings. The lowest BCUT2D eigenvalue weighted by Gasteiger charge is -2.67. The molecular formula is C31H42O16. The highest BCUT2D eigenvalue weighted by atomic mass is 16.7. The molecule has 16 atom stereocenters. The van der Waals surface area contributed by atoms with Crippen molar-refractivity contribution in [1.82, 2.24) is 0 Å². The first-order valence-corrected chi connectivity index (χ1v) is 15.8. The number of carbonyl (C=O) groups excluding carboxylic acids is 3. The van der Waals surface area contributed by atoms with Crippen molar-refractivity contribution in [2.24, 2.45) is 40.4 Å². The number of ketones is 1. The Morgan fingerprint density at radius 2 is 1.72 bits per heavy atom. The number of allylic oxidation sites excluding steroid dienone is 2. The summed E-state index contributed by atoms with van der Waals surface area (Å²) in [6.07, 6.45) is -13.8. The van der Waals surface area contributed by atoms with Crippen LogP contribution < -0.4 is 0 Å². The second-order valence-electron chi connectivity index (χ2n) is 14.5. The van der Waals surface area contributed by atoms with Crippen molar-refractivity contribution >= 4 is 23.7 Å². The van der Waals surface area contributed by atoms with Crippen LogP contribution in [0.15, 0.2) is 11.8 Å². The number of esters is 2. The van der Waals surface area contributed by atoms with Gasteiger partial charge in [0, 0.05) is 23.7 Å². The molecule has 16 nitrogen and oxygen atoms in total. The minimum atomic E-state index is -2.55. The van der Waals surface area contributed by atoms with Gasteiger partial charge in [-0.15, -0.1) is 0 Å². The highest BCUT2D eigenvalue weighted by molar-refractivity contribution is 5.96. The van der Waals surface area contributed by atoms with Crippen LogP contribution in [0.5, 0.6) is 0 Å². The summed E-state index contributed by atoms with van der Waals surface area (Å²) in [5.74, 6) is -8.72. The Morgan fingerprint density at radius 3 is 2.34 bits per heavy atom. The number of ether oxygens (including phenoxy) is 5. The van der Waals surface area contributed by atoms with Crippen LogP contribution in [-0.4, -0.2) is 133 Å². The van der Waals surface area contributed by atoms with Gasteiger partial charge in [-0.2, -0.15) is 0 Å². The molecule has 0 amide bonds. The maximum atomic E-state index is 13.7. The van der Waals surface area contributed by atoms with Crippen LogP contribution in [0.3, 0.4) is 0 Å². The number of rotatable bonds is 7. The molecule has 0 aromatic heterocycles. The molecule has 7 N–H and O–H groups in total. The predicted molar refractivity (Wildman–Crippen MR) is 150 cm³/mol. The van der Waals surface area contributed by atoms with Crippen molar-refractivity contribution in [1.29, 1.82) is 0 Å². The van der Waals surface area contributed by atoms with Gasteiger partial charge in [-0.05, 0) is 29.7 Å². The van der Waals surface area contributed by atoms with Gasteiger partial charge in [-0.3, -0.25) is 9.59 Å². The van der Waals surface area contributed by atoms with Crippen LogP contribution in [0.1, 0.15) is 40.5 Å². The van der Waals surface area contributed by atoms with E-state index in [-0.39, 0.29) is 24.5 Å². The molecule has 3 heterocycles. The zero-order valence-electron chi connectivity index (χ0n) is 26.3. The van der Waals surface area contributed by atoms with Crippen LogP contribution in [0.2, 0.25) is 0 Å². The van der Waals surface area contributed by atoms with E-state index in [1.54, 1.807) is 27.7 Å². The van der Waals surface area contributed by atoms with Crippen LogP contribution >= 0.6 is 0 Å². The lowest BCUT2D eigenvalue weighted by Crippen LogP contribution is -2.79. The number of carbonyl (C=O) groups is 4. The van der Waals surface area contributed by atoms with Gasteiger partial charge in [0.15, 0.2) is 11.5 Å². The molecule has 16 heteroatoms. The molecule has 5 fully saturated rings. The number of hydrogen-bond donors (Lipinski definition) is 7. The van der Waals surface area contributed by atoms with Gasteiger partial charge in [-0.1, -0.05) is 27.7 Å². The lowest BCUT2D eigenvalue weighted by molar-refractivity contribution is -0.296. The Morgan fingerprint density at radius 1 is 1.04 bits per heavy atom. The molecular weight excluding hydrogens is 628 g/mol. The van der Waals surface area contributed by atoms with Crippen LogP contribution in [0.25, 0.3) is 0 Å². The third-order valence-electron chi connectivity index (χ3n) is 11.6. The number of fused-ring (bicyclic) bond motifs is 2. The average molecular weight is 671 g/mol. The Kier molecular flexibility index (Phi) is 8.32. The molecule has 3 saturated heterocycles. The quantitative estimate of drug-likeness (QED) is 0.140. The molecule has 0 aromatic carbocycles. The van der Waals surface area contributed by atoms with E-state index in [0.717, 1.165) is 0 Å². The van der Waals surface area contributed by atoms with Gasteiger partial charge < -0.3 is 59.4 Å². The Balaban J connectivity index is 1.46. The Bertz CT molecular complexity index is 1360. The summed E-state index contributed by atoms with van der Waals surface area (Å²) >= 11 is 0. The Hall–Kier alpha value is -2.70. The SMILES string of the molecule is CC(C)CC(=O)O[C@H]1C(=O)O[C@@H]2C[C@H]3[C@H](C)C(=O)C(OC4OC(CO)C(O)C(O)C4O)=C[C@]3(C)[C@H]3[C@@H](O)[C@H](O)C4(C(=O)O)OC[C@]32[C@@H]14. The van der Waals surface area contributed by atoms with Crippen LogP contribution in [-0.2, 0) is 42.9 Å². The standard InChI is InChI=1S/C31H42O16/c1-10(2)5-16(33)47-22-24-30-9-43-31(24,28(41)42)25(39)21(38)23(30)29(4)7-13(17(34)11(3)12(29)6-15(30)46-26(22)40)44-27-20(37)19(36)18(35)14(8-32)45-27/h7,10-12,14-15,18-25,27,32,35-39H,5-6,8-9H2,1-4H3,(H,41,42)/t11-,12-,14?,15+,18?,19?,20?,21+,22+,23+,24+,25-,27?,29-,30+,31?/m0/s1. The fourth-order valence-corrected chi connectivity index (χ4v) is 9.56. The van der Waals surface area contributed by atoms with Crippen LogP contribution in [0, 0.1) is 40.4 Å². The zero-order chi connectivity index (χ0) is 34.5. The number of carboxylic acids is 1.